The van der Waals surface area contributed by atoms with E-state index < -0.39 is 0 Å². The van der Waals surface area contributed by atoms with Crippen molar-refractivity contribution < 1.29 is 9.18 Å². The number of halogens is 2. The molecule has 0 saturated heterocycles. The summed E-state index contributed by atoms with van der Waals surface area (Å²) < 4.78 is 12.9. The molecule has 0 aliphatic heterocycles. The number of amides is 1. The number of benzene rings is 1. The summed E-state index contributed by atoms with van der Waals surface area (Å²) in [6, 6.07) is 4.47. The van der Waals surface area contributed by atoms with Gasteiger partial charge in [-0.15, -0.1) is 0 Å². The first-order valence-electron chi connectivity index (χ1n) is 7.02. The highest BCUT2D eigenvalue weighted by molar-refractivity contribution is 6.31. The van der Waals surface area contributed by atoms with Gasteiger partial charge in [-0.25, -0.2) is 4.39 Å². The first kappa shape index (κ1) is 15.3. The monoisotopic (exact) mass is 298 g/mol. The quantitative estimate of drug-likeness (QED) is 0.878. The second-order valence-electron chi connectivity index (χ2n) is 5.39. The maximum absolute atomic E-state index is 12.9. The fourth-order valence-corrected chi connectivity index (χ4v) is 2.95. The Balaban J connectivity index is 1.73. The van der Waals surface area contributed by atoms with Crippen LogP contribution in [0.25, 0.3) is 0 Å². The Hall–Kier alpha value is -1.13. The Morgan fingerprint density at radius 3 is 2.90 bits per heavy atom. The highest BCUT2D eigenvalue weighted by Crippen LogP contribution is 2.26. The van der Waals surface area contributed by atoms with Gasteiger partial charge in [0.15, 0.2) is 0 Å². The van der Waals surface area contributed by atoms with Crippen molar-refractivity contribution in [1.82, 2.24) is 5.32 Å². The lowest BCUT2D eigenvalue weighted by atomic mass is 10.00. The Kier molecular flexibility index (Phi) is 5.38. The van der Waals surface area contributed by atoms with Crippen molar-refractivity contribution in [2.45, 2.75) is 38.1 Å². The molecule has 0 unspecified atom stereocenters. The fraction of sp³-hybridized carbons (Fsp3) is 0.533. The van der Waals surface area contributed by atoms with Crippen molar-refractivity contribution in [2.24, 2.45) is 11.7 Å². The van der Waals surface area contributed by atoms with Gasteiger partial charge in [0.1, 0.15) is 5.82 Å². The van der Waals surface area contributed by atoms with Gasteiger partial charge >= 0.3 is 0 Å². The SMILES string of the molecule is N[C@@H]1CCC[C@H]1CC(=O)NCCc1ccc(F)cc1Cl. The maximum atomic E-state index is 12.9. The topological polar surface area (TPSA) is 55.1 Å². The molecular weight excluding hydrogens is 279 g/mol. The minimum Gasteiger partial charge on any atom is -0.356 e. The molecule has 1 saturated carbocycles. The molecule has 2 rings (SSSR count). The zero-order chi connectivity index (χ0) is 14.5. The molecule has 20 heavy (non-hydrogen) atoms. The standard InChI is InChI=1S/C15H20ClFN2O/c16-13-9-12(17)5-4-10(13)6-7-19-15(20)8-11-2-1-3-14(11)18/h4-5,9,11,14H,1-3,6-8,18H2,(H,19,20)/t11-,14+/m0/s1. The molecule has 110 valence electrons. The molecule has 1 aliphatic rings. The van der Waals surface area contributed by atoms with Gasteiger partial charge in [0.05, 0.1) is 0 Å². The van der Waals surface area contributed by atoms with E-state index in [2.05, 4.69) is 5.32 Å². The fourth-order valence-electron chi connectivity index (χ4n) is 2.69. The van der Waals surface area contributed by atoms with Crippen LogP contribution >= 0.6 is 11.6 Å². The molecule has 3 N–H and O–H groups in total. The van der Waals surface area contributed by atoms with Crippen LogP contribution in [0.3, 0.4) is 0 Å². The Bertz CT molecular complexity index is 481. The number of rotatable bonds is 5. The van der Waals surface area contributed by atoms with Crippen LogP contribution in [-0.2, 0) is 11.2 Å². The second-order valence-corrected chi connectivity index (χ2v) is 5.80. The molecule has 0 spiro atoms. The van der Waals surface area contributed by atoms with Gasteiger partial charge in [0.25, 0.3) is 0 Å². The third-order valence-electron chi connectivity index (χ3n) is 3.90. The first-order valence-corrected chi connectivity index (χ1v) is 7.40. The van der Waals surface area contributed by atoms with Gasteiger partial charge in [0, 0.05) is 24.0 Å². The van der Waals surface area contributed by atoms with E-state index in [4.69, 9.17) is 17.3 Å². The van der Waals surface area contributed by atoms with Gasteiger partial charge < -0.3 is 11.1 Å². The summed E-state index contributed by atoms with van der Waals surface area (Å²) in [5.74, 6) is -0.00648. The third kappa shape index (κ3) is 4.18. The Morgan fingerprint density at radius 2 is 2.25 bits per heavy atom. The van der Waals surface area contributed by atoms with Crippen LogP contribution in [-0.4, -0.2) is 18.5 Å². The van der Waals surface area contributed by atoms with Crippen LogP contribution in [0.5, 0.6) is 0 Å². The summed E-state index contributed by atoms with van der Waals surface area (Å²) in [4.78, 5) is 11.8. The predicted molar refractivity (Wildman–Crippen MR) is 78.1 cm³/mol. The molecule has 3 nitrogen and oxygen atoms in total. The van der Waals surface area contributed by atoms with Gasteiger partial charge in [-0.3, -0.25) is 4.79 Å². The minimum atomic E-state index is -0.349. The van der Waals surface area contributed by atoms with Crippen molar-refractivity contribution in [3.8, 4) is 0 Å². The molecule has 1 aromatic rings. The van der Waals surface area contributed by atoms with Crippen molar-refractivity contribution in [1.29, 1.82) is 0 Å². The molecule has 1 fully saturated rings. The van der Waals surface area contributed by atoms with E-state index in [0.717, 1.165) is 24.8 Å². The third-order valence-corrected chi connectivity index (χ3v) is 4.25. The molecule has 1 aliphatic carbocycles. The smallest absolute Gasteiger partial charge is 0.220 e. The van der Waals surface area contributed by atoms with Crippen LogP contribution < -0.4 is 11.1 Å². The van der Waals surface area contributed by atoms with E-state index in [0.29, 0.717) is 30.3 Å². The van der Waals surface area contributed by atoms with Gasteiger partial charge in [-0.2, -0.15) is 0 Å². The largest absolute Gasteiger partial charge is 0.356 e. The average Bonchev–Trinajstić information content (AvgIpc) is 2.78. The van der Waals surface area contributed by atoms with E-state index in [-0.39, 0.29) is 17.8 Å². The van der Waals surface area contributed by atoms with E-state index in [1.807, 2.05) is 0 Å². The molecular formula is C15H20ClFN2O. The van der Waals surface area contributed by atoms with Crippen LogP contribution in [0, 0.1) is 11.7 Å². The molecule has 1 amide bonds. The summed E-state index contributed by atoms with van der Waals surface area (Å²) in [5, 5.41) is 3.27. The van der Waals surface area contributed by atoms with Gasteiger partial charge in [-0.05, 0) is 42.9 Å². The van der Waals surface area contributed by atoms with Crippen molar-refractivity contribution >= 4 is 17.5 Å². The zero-order valence-electron chi connectivity index (χ0n) is 11.4. The lowest BCUT2D eigenvalue weighted by Crippen LogP contribution is -2.32. The highest BCUT2D eigenvalue weighted by atomic mass is 35.5. The number of hydrogen-bond donors (Lipinski definition) is 2. The maximum Gasteiger partial charge on any atom is 0.220 e. The van der Waals surface area contributed by atoms with E-state index in [1.165, 1.54) is 12.1 Å². The first-order chi connectivity index (χ1) is 9.56. The normalized spacial score (nSPS) is 21.9. The average molecular weight is 299 g/mol. The lowest BCUT2D eigenvalue weighted by molar-refractivity contribution is -0.122. The Morgan fingerprint density at radius 1 is 1.45 bits per heavy atom. The van der Waals surface area contributed by atoms with Crippen LogP contribution in [0.2, 0.25) is 5.02 Å². The van der Waals surface area contributed by atoms with Gasteiger partial charge in [-0.1, -0.05) is 24.1 Å². The van der Waals surface area contributed by atoms with Crippen molar-refractivity contribution in [3.05, 3.63) is 34.6 Å². The van der Waals surface area contributed by atoms with Crippen molar-refractivity contribution in [2.75, 3.05) is 6.54 Å². The molecule has 2 atom stereocenters. The summed E-state index contributed by atoms with van der Waals surface area (Å²) in [7, 11) is 0. The second kappa shape index (κ2) is 7.04. The number of nitrogens with two attached hydrogens (primary N) is 1. The van der Waals surface area contributed by atoms with Crippen LogP contribution in [0.1, 0.15) is 31.2 Å². The number of nitrogens with one attached hydrogen (secondary N) is 1. The molecule has 0 bridgehead atoms. The highest BCUT2D eigenvalue weighted by Gasteiger charge is 2.25. The minimum absolute atomic E-state index is 0.0329. The molecule has 0 aromatic heterocycles. The summed E-state index contributed by atoms with van der Waals surface area (Å²) in [6.07, 6.45) is 4.27. The number of carbonyl (C=O) groups is 1. The molecule has 5 heteroatoms. The lowest BCUT2D eigenvalue weighted by Gasteiger charge is -2.14. The number of carbonyl (C=O) groups excluding carboxylic acids is 1. The van der Waals surface area contributed by atoms with E-state index >= 15 is 0 Å². The van der Waals surface area contributed by atoms with E-state index in [9.17, 15) is 9.18 Å². The van der Waals surface area contributed by atoms with Crippen LogP contribution in [0.15, 0.2) is 18.2 Å². The molecule has 0 heterocycles. The summed E-state index contributed by atoms with van der Waals surface area (Å²) in [6.45, 7) is 0.506. The summed E-state index contributed by atoms with van der Waals surface area (Å²) >= 11 is 5.93. The zero-order valence-corrected chi connectivity index (χ0v) is 12.1. The molecule has 0 radical (unpaired) electrons. The molecule has 1 aromatic carbocycles. The van der Waals surface area contributed by atoms with Crippen LogP contribution in [0.4, 0.5) is 4.39 Å². The van der Waals surface area contributed by atoms with Crippen molar-refractivity contribution in [3.63, 3.8) is 0 Å². The summed E-state index contributed by atoms with van der Waals surface area (Å²) in [5.41, 5.74) is 6.79. The number of hydrogen-bond acceptors (Lipinski definition) is 2. The van der Waals surface area contributed by atoms with E-state index in [1.54, 1.807) is 6.07 Å². The predicted octanol–water partition coefficient (Wildman–Crippen LogP) is 2.66. The van der Waals surface area contributed by atoms with Gasteiger partial charge in [0.2, 0.25) is 5.91 Å². The Labute approximate surface area is 123 Å².